The van der Waals surface area contributed by atoms with Gasteiger partial charge in [-0.3, -0.25) is 0 Å². The van der Waals surface area contributed by atoms with Gasteiger partial charge in [-0.1, -0.05) is 30.3 Å². The van der Waals surface area contributed by atoms with Crippen LogP contribution < -0.4 is 11.0 Å². The number of carbonyl (C=O) groups is 1. The number of primary amides is 1. The van der Waals surface area contributed by atoms with Gasteiger partial charge < -0.3 is 15.8 Å². The number of nitrogens with one attached hydrogen (secondary N) is 1. The number of anilines is 1. The minimum absolute atomic E-state index is 0.00195. The average molecular weight is 283 g/mol. The predicted octanol–water partition coefficient (Wildman–Crippen LogP) is 3.33. The first-order valence-electron chi connectivity index (χ1n) is 7.56. The molecular formula is C17H18N2O2. The molecule has 0 radical (unpaired) electrons. The SMILES string of the molecule is [2H]NC(=O)OCC1c2ccccc2-c2ccc(NCC)cc21. The molecule has 0 aliphatic heterocycles. The third kappa shape index (κ3) is 2.44. The largest absolute Gasteiger partial charge is 0.449 e. The third-order valence-corrected chi connectivity index (χ3v) is 3.82. The smallest absolute Gasteiger partial charge is 0.404 e. The normalized spacial score (nSPS) is 15.7. The van der Waals surface area contributed by atoms with Crippen LogP contribution in [0, 0.1) is 0 Å². The first kappa shape index (κ1) is 12.3. The van der Waals surface area contributed by atoms with Gasteiger partial charge in [0.1, 0.15) is 6.61 Å². The molecule has 0 fully saturated rings. The zero-order valence-electron chi connectivity index (χ0n) is 12.8. The summed E-state index contributed by atoms with van der Waals surface area (Å²) in [5, 5.41) is 3.31. The first-order valence-corrected chi connectivity index (χ1v) is 7.06. The number of rotatable bonds is 4. The van der Waals surface area contributed by atoms with Gasteiger partial charge >= 0.3 is 6.09 Å². The number of nitrogens with two attached hydrogens (primary N) is 1. The van der Waals surface area contributed by atoms with Crippen LogP contribution in [0.1, 0.15) is 24.0 Å². The van der Waals surface area contributed by atoms with Crippen molar-refractivity contribution in [2.24, 2.45) is 5.73 Å². The van der Waals surface area contributed by atoms with E-state index in [2.05, 4.69) is 42.6 Å². The van der Waals surface area contributed by atoms with Crippen LogP contribution in [0.2, 0.25) is 1.41 Å². The first-order chi connectivity index (χ1) is 10.7. The van der Waals surface area contributed by atoms with Crippen LogP contribution in [0.25, 0.3) is 11.1 Å². The summed E-state index contributed by atoms with van der Waals surface area (Å²) < 4.78 is 12.0. The van der Waals surface area contributed by atoms with E-state index in [0.29, 0.717) is 0 Å². The van der Waals surface area contributed by atoms with E-state index in [9.17, 15) is 4.79 Å². The summed E-state index contributed by atoms with van der Waals surface area (Å²) in [6.07, 6.45) is -0.728. The van der Waals surface area contributed by atoms with E-state index in [1.807, 2.05) is 12.1 Å². The molecule has 3 rings (SSSR count). The summed E-state index contributed by atoms with van der Waals surface area (Å²) >= 11 is 0. The lowest BCUT2D eigenvalue weighted by atomic mass is 9.97. The van der Waals surface area contributed by atoms with Crippen molar-refractivity contribution in [2.75, 3.05) is 18.5 Å². The number of ether oxygens (including phenoxy) is 1. The van der Waals surface area contributed by atoms with Gasteiger partial charge in [-0.05, 0) is 41.3 Å². The van der Waals surface area contributed by atoms with E-state index in [1.165, 1.54) is 11.1 Å². The summed E-state index contributed by atoms with van der Waals surface area (Å²) in [6, 6.07) is 14.5. The zero-order valence-corrected chi connectivity index (χ0v) is 11.8. The predicted molar refractivity (Wildman–Crippen MR) is 83.4 cm³/mol. The van der Waals surface area contributed by atoms with E-state index in [-0.39, 0.29) is 12.5 Å². The Labute approximate surface area is 125 Å². The quantitative estimate of drug-likeness (QED) is 0.904. The number of hydrogen-bond acceptors (Lipinski definition) is 3. The summed E-state index contributed by atoms with van der Waals surface area (Å²) in [7, 11) is 0. The highest BCUT2D eigenvalue weighted by Gasteiger charge is 2.29. The topological polar surface area (TPSA) is 64.4 Å². The highest BCUT2D eigenvalue weighted by atomic mass is 16.5. The molecule has 1 unspecified atom stereocenters. The van der Waals surface area contributed by atoms with E-state index < -0.39 is 6.09 Å². The number of carbonyl (C=O) groups excluding carboxylic acids is 1. The molecule has 1 atom stereocenters. The molecule has 108 valence electrons. The van der Waals surface area contributed by atoms with E-state index in [1.54, 1.807) is 5.73 Å². The maximum atomic E-state index is 11.2. The van der Waals surface area contributed by atoms with Gasteiger partial charge in [0, 0.05) is 18.2 Å². The van der Waals surface area contributed by atoms with Gasteiger partial charge in [0.2, 0.25) is 0 Å². The Morgan fingerprint density at radius 3 is 2.90 bits per heavy atom. The second-order valence-corrected chi connectivity index (χ2v) is 5.07. The van der Waals surface area contributed by atoms with Crippen LogP contribution in [-0.4, -0.2) is 19.2 Å². The molecule has 2 aromatic carbocycles. The van der Waals surface area contributed by atoms with Crippen LogP contribution in [0.4, 0.5) is 10.5 Å². The number of benzene rings is 2. The van der Waals surface area contributed by atoms with Crippen molar-refractivity contribution < 1.29 is 10.9 Å². The number of amides is 1. The van der Waals surface area contributed by atoms with Crippen molar-refractivity contribution in [1.82, 2.24) is 0 Å². The van der Waals surface area contributed by atoms with Gasteiger partial charge in [-0.15, -0.1) is 0 Å². The summed E-state index contributed by atoms with van der Waals surface area (Å²) in [4.78, 5) is 11.2. The summed E-state index contributed by atoms with van der Waals surface area (Å²) in [5.74, 6) is 0.00195. The fourth-order valence-corrected chi connectivity index (χ4v) is 2.96. The van der Waals surface area contributed by atoms with Gasteiger partial charge in [-0.2, -0.15) is 0 Å². The molecule has 0 saturated heterocycles. The van der Waals surface area contributed by atoms with Crippen LogP contribution in [0.3, 0.4) is 0 Å². The van der Waals surface area contributed by atoms with E-state index >= 15 is 0 Å². The highest BCUT2D eigenvalue weighted by Crippen LogP contribution is 2.45. The minimum Gasteiger partial charge on any atom is -0.449 e. The molecule has 3 N–H and O–H groups in total. The van der Waals surface area contributed by atoms with Crippen molar-refractivity contribution in [2.45, 2.75) is 12.8 Å². The Balaban J connectivity index is 1.98. The van der Waals surface area contributed by atoms with Crippen molar-refractivity contribution in [3.63, 3.8) is 0 Å². The average Bonchev–Trinajstić information content (AvgIpc) is 2.86. The molecule has 1 amide bonds. The Bertz CT molecular complexity index is 703. The molecule has 4 heteroatoms. The zero-order chi connectivity index (χ0) is 15.5. The Hall–Kier alpha value is -2.49. The Kier molecular flexibility index (Phi) is 3.20. The molecule has 0 saturated carbocycles. The van der Waals surface area contributed by atoms with Crippen molar-refractivity contribution in [1.29, 1.82) is 0 Å². The molecule has 1 aliphatic rings. The van der Waals surface area contributed by atoms with Crippen LogP contribution in [0.15, 0.2) is 42.5 Å². The van der Waals surface area contributed by atoms with Gasteiger partial charge in [0.25, 0.3) is 0 Å². The molecule has 0 aromatic heterocycles. The fraction of sp³-hybridized carbons (Fsp3) is 0.235. The van der Waals surface area contributed by atoms with E-state index in [4.69, 9.17) is 6.15 Å². The van der Waals surface area contributed by atoms with Crippen LogP contribution in [-0.2, 0) is 4.74 Å². The lowest BCUT2D eigenvalue weighted by Crippen LogP contribution is -2.17. The molecule has 1 aliphatic carbocycles. The maximum absolute atomic E-state index is 11.2. The summed E-state index contributed by atoms with van der Waals surface area (Å²) in [6.45, 7) is 3.14. The molecule has 21 heavy (non-hydrogen) atoms. The third-order valence-electron chi connectivity index (χ3n) is 3.82. The van der Waals surface area contributed by atoms with Gasteiger partial charge in [0.15, 0.2) is 1.41 Å². The molecule has 0 bridgehead atoms. The van der Waals surface area contributed by atoms with Crippen LogP contribution >= 0.6 is 0 Å². The Morgan fingerprint density at radius 1 is 1.29 bits per heavy atom. The van der Waals surface area contributed by atoms with Crippen molar-refractivity contribution >= 4 is 11.8 Å². The fourth-order valence-electron chi connectivity index (χ4n) is 2.96. The molecule has 0 spiro atoms. The number of hydrogen-bond donors (Lipinski definition) is 2. The number of fused-ring (bicyclic) bond motifs is 3. The van der Waals surface area contributed by atoms with Crippen LogP contribution in [0.5, 0.6) is 0 Å². The lowest BCUT2D eigenvalue weighted by Gasteiger charge is -2.14. The molecule has 4 nitrogen and oxygen atoms in total. The standard InChI is InChI=1S/C17H18N2O2/c1-2-19-11-7-8-14-12-5-3-4-6-13(12)16(15(14)9-11)10-21-17(18)20/h3-9,16,19H,2,10H2,1H3,(H2,18,20)/i/hD. The lowest BCUT2D eigenvalue weighted by molar-refractivity contribution is 0.153. The summed E-state index contributed by atoms with van der Waals surface area (Å²) in [5.41, 5.74) is 7.47. The van der Waals surface area contributed by atoms with Crippen molar-refractivity contribution in [3.05, 3.63) is 53.6 Å². The monoisotopic (exact) mass is 283 g/mol. The van der Waals surface area contributed by atoms with Crippen molar-refractivity contribution in [3.8, 4) is 11.1 Å². The maximum Gasteiger partial charge on any atom is 0.404 e. The van der Waals surface area contributed by atoms with E-state index in [0.717, 1.165) is 23.4 Å². The minimum atomic E-state index is -0.728. The molecular weight excluding hydrogens is 264 g/mol. The van der Waals surface area contributed by atoms with Gasteiger partial charge in [-0.25, -0.2) is 4.79 Å². The molecule has 2 aromatic rings. The molecule has 0 heterocycles. The van der Waals surface area contributed by atoms with Gasteiger partial charge in [0.05, 0.1) is 0 Å². The second-order valence-electron chi connectivity index (χ2n) is 5.07. The second kappa shape index (κ2) is 5.48. The highest BCUT2D eigenvalue weighted by molar-refractivity contribution is 5.80. The Morgan fingerprint density at radius 2 is 2.10 bits per heavy atom.